The molecule has 2 rings (SSSR count). The van der Waals surface area contributed by atoms with Crippen LogP contribution in [-0.2, 0) is 7.05 Å². The van der Waals surface area contributed by atoms with Gasteiger partial charge >= 0.3 is 0 Å². The van der Waals surface area contributed by atoms with Gasteiger partial charge in [0.25, 0.3) is 0 Å². The van der Waals surface area contributed by atoms with E-state index in [1.807, 2.05) is 24.1 Å². The molecular weight excluding hydrogens is 186 g/mol. The molecule has 0 spiro atoms. The van der Waals surface area contributed by atoms with Gasteiger partial charge in [-0.15, -0.1) is 0 Å². The fourth-order valence-electron chi connectivity index (χ4n) is 1.55. The zero-order valence-electron chi connectivity index (χ0n) is 9.07. The molecule has 3 heteroatoms. The molecule has 0 bridgehead atoms. The lowest BCUT2D eigenvalue weighted by atomic mass is 10.1. The van der Waals surface area contributed by atoms with Crippen LogP contribution in [0.4, 0.5) is 5.69 Å². The average molecular weight is 201 g/mol. The lowest BCUT2D eigenvalue weighted by Crippen LogP contribution is -1.95. The molecule has 1 aromatic heterocycles. The molecule has 2 aromatic rings. The van der Waals surface area contributed by atoms with Crippen molar-refractivity contribution in [3.63, 3.8) is 0 Å². The van der Waals surface area contributed by atoms with Gasteiger partial charge in [-0.3, -0.25) is 4.68 Å². The largest absolute Gasteiger partial charge is 0.385 e. The minimum Gasteiger partial charge on any atom is -0.385 e. The van der Waals surface area contributed by atoms with Gasteiger partial charge in [0, 0.05) is 31.0 Å². The number of rotatable bonds is 3. The van der Waals surface area contributed by atoms with Crippen molar-refractivity contribution >= 4 is 5.69 Å². The van der Waals surface area contributed by atoms with Crippen LogP contribution >= 0.6 is 0 Å². The van der Waals surface area contributed by atoms with Crippen LogP contribution in [0.5, 0.6) is 0 Å². The van der Waals surface area contributed by atoms with Gasteiger partial charge in [-0.2, -0.15) is 5.10 Å². The Morgan fingerprint density at radius 3 is 2.47 bits per heavy atom. The Bertz CT molecular complexity index is 428. The zero-order valence-corrected chi connectivity index (χ0v) is 9.07. The van der Waals surface area contributed by atoms with Gasteiger partial charge in [0.1, 0.15) is 0 Å². The Kier molecular flexibility index (Phi) is 2.72. The van der Waals surface area contributed by atoms with E-state index >= 15 is 0 Å². The fourth-order valence-corrected chi connectivity index (χ4v) is 1.55. The van der Waals surface area contributed by atoms with Gasteiger partial charge in [0.05, 0.1) is 6.20 Å². The smallest absolute Gasteiger partial charge is 0.0568 e. The van der Waals surface area contributed by atoms with E-state index in [4.69, 9.17) is 0 Å². The second-order valence-corrected chi connectivity index (χ2v) is 3.51. The van der Waals surface area contributed by atoms with E-state index < -0.39 is 0 Å². The SMILES string of the molecule is CCNc1ccc(-c2cnn(C)c2)cc1. The van der Waals surface area contributed by atoms with Crippen molar-refractivity contribution in [3.8, 4) is 11.1 Å². The van der Waals surface area contributed by atoms with Crippen molar-refractivity contribution in [1.82, 2.24) is 9.78 Å². The molecular formula is C12H15N3. The second-order valence-electron chi connectivity index (χ2n) is 3.51. The van der Waals surface area contributed by atoms with E-state index in [1.165, 1.54) is 5.56 Å². The maximum atomic E-state index is 4.15. The first-order chi connectivity index (χ1) is 7.29. The van der Waals surface area contributed by atoms with Crippen LogP contribution in [0.1, 0.15) is 6.92 Å². The maximum Gasteiger partial charge on any atom is 0.0568 e. The Balaban J connectivity index is 2.23. The van der Waals surface area contributed by atoms with E-state index in [9.17, 15) is 0 Å². The minimum atomic E-state index is 0.951. The number of nitrogens with one attached hydrogen (secondary N) is 1. The lowest BCUT2D eigenvalue weighted by Gasteiger charge is -2.03. The summed E-state index contributed by atoms with van der Waals surface area (Å²) in [4.78, 5) is 0. The number of aryl methyl sites for hydroxylation is 1. The van der Waals surface area contributed by atoms with Crippen molar-refractivity contribution in [2.45, 2.75) is 6.92 Å². The van der Waals surface area contributed by atoms with Gasteiger partial charge < -0.3 is 5.32 Å². The molecule has 0 aliphatic carbocycles. The van der Waals surface area contributed by atoms with Crippen molar-refractivity contribution in [3.05, 3.63) is 36.7 Å². The molecule has 0 radical (unpaired) electrons. The second kappa shape index (κ2) is 4.17. The molecule has 0 fully saturated rings. The zero-order chi connectivity index (χ0) is 10.7. The monoisotopic (exact) mass is 201 g/mol. The third-order valence-corrected chi connectivity index (χ3v) is 2.30. The number of benzene rings is 1. The minimum absolute atomic E-state index is 0.951. The summed E-state index contributed by atoms with van der Waals surface area (Å²) in [5.74, 6) is 0. The summed E-state index contributed by atoms with van der Waals surface area (Å²) in [6.45, 7) is 3.04. The Hall–Kier alpha value is -1.77. The van der Waals surface area contributed by atoms with Crippen LogP contribution in [0.25, 0.3) is 11.1 Å². The number of anilines is 1. The molecule has 0 atom stereocenters. The van der Waals surface area contributed by atoms with Crippen LogP contribution in [0.15, 0.2) is 36.7 Å². The Morgan fingerprint density at radius 1 is 1.20 bits per heavy atom. The van der Waals surface area contributed by atoms with E-state index in [1.54, 1.807) is 0 Å². The number of aromatic nitrogens is 2. The summed E-state index contributed by atoms with van der Waals surface area (Å²) in [6, 6.07) is 8.39. The predicted molar refractivity (Wildman–Crippen MR) is 62.8 cm³/mol. The average Bonchev–Trinajstić information content (AvgIpc) is 2.67. The van der Waals surface area contributed by atoms with Crippen LogP contribution in [0, 0.1) is 0 Å². The Labute approximate surface area is 89.7 Å². The van der Waals surface area contributed by atoms with Crippen molar-refractivity contribution in [2.24, 2.45) is 7.05 Å². The molecule has 78 valence electrons. The molecule has 1 heterocycles. The first kappa shape index (κ1) is 9.77. The summed E-state index contributed by atoms with van der Waals surface area (Å²) in [7, 11) is 1.93. The standard InChI is InChI=1S/C12H15N3/c1-3-13-12-6-4-10(5-7-12)11-8-14-15(2)9-11/h4-9,13H,3H2,1-2H3. The number of nitrogens with zero attached hydrogens (tertiary/aromatic N) is 2. The highest BCUT2D eigenvalue weighted by Crippen LogP contribution is 2.20. The van der Waals surface area contributed by atoms with Crippen LogP contribution in [0.3, 0.4) is 0 Å². The summed E-state index contributed by atoms with van der Waals surface area (Å²) in [6.07, 6.45) is 3.89. The van der Waals surface area contributed by atoms with Gasteiger partial charge in [0.2, 0.25) is 0 Å². The van der Waals surface area contributed by atoms with Crippen molar-refractivity contribution in [1.29, 1.82) is 0 Å². The van der Waals surface area contributed by atoms with Gasteiger partial charge in [0.15, 0.2) is 0 Å². The lowest BCUT2D eigenvalue weighted by molar-refractivity contribution is 0.768. The first-order valence-corrected chi connectivity index (χ1v) is 5.12. The van der Waals surface area contributed by atoms with Gasteiger partial charge in [-0.25, -0.2) is 0 Å². The number of hydrogen-bond donors (Lipinski definition) is 1. The number of hydrogen-bond acceptors (Lipinski definition) is 2. The highest BCUT2D eigenvalue weighted by Gasteiger charge is 1.99. The maximum absolute atomic E-state index is 4.15. The topological polar surface area (TPSA) is 29.9 Å². The van der Waals surface area contributed by atoms with Crippen LogP contribution in [-0.4, -0.2) is 16.3 Å². The van der Waals surface area contributed by atoms with Crippen molar-refractivity contribution in [2.75, 3.05) is 11.9 Å². The normalized spacial score (nSPS) is 10.3. The summed E-state index contributed by atoms with van der Waals surface area (Å²) in [5, 5.41) is 7.42. The summed E-state index contributed by atoms with van der Waals surface area (Å²) in [5.41, 5.74) is 3.51. The summed E-state index contributed by atoms with van der Waals surface area (Å²) >= 11 is 0. The highest BCUT2D eigenvalue weighted by molar-refractivity contribution is 5.64. The molecule has 0 aliphatic heterocycles. The molecule has 1 N–H and O–H groups in total. The van der Waals surface area contributed by atoms with E-state index in [-0.39, 0.29) is 0 Å². The fraction of sp³-hybridized carbons (Fsp3) is 0.250. The Morgan fingerprint density at radius 2 is 1.93 bits per heavy atom. The van der Waals surface area contributed by atoms with Crippen LogP contribution in [0.2, 0.25) is 0 Å². The molecule has 0 aliphatic rings. The van der Waals surface area contributed by atoms with Crippen LogP contribution < -0.4 is 5.32 Å². The van der Waals surface area contributed by atoms with Crippen molar-refractivity contribution < 1.29 is 0 Å². The molecule has 0 unspecified atom stereocenters. The predicted octanol–water partition coefficient (Wildman–Crippen LogP) is 2.52. The van der Waals surface area contributed by atoms with Gasteiger partial charge in [-0.05, 0) is 24.6 Å². The molecule has 15 heavy (non-hydrogen) atoms. The van der Waals surface area contributed by atoms with Gasteiger partial charge in [-0.1, -0.05) is 12.1 Å². The highest BCUT2D eigenvalue weighted by atomic mass is 15.2. The van der Waals surface area contributed by atoms with E-state index in [0.29, 0.717) is 0 Å². The molecule has 1 aromatic carbocycles. The first-order valence-electron chi connectivity index (χ1n) is 5.12. The summed E-state index contributed by atoms with van der Waals surface area (Å²) < 4.78 is 1.81. The van der Waals surface area contributed by atoms with E-state index in [2.05, 4.69) is 41.6 Å². The third-order valence-electron chi connectivity index (χ3n) is 2.30. The third kappa shape index (κ3) is 2.18. The molecule has 0 saturated heterocycles. The van der Waals surface area contributed by atoms with E-state index in [0.717, 1.165) is 17.8 Å². The molecule has 0 saturated carbocycles. The molecule has 0 amide bonds. The molecule has 3 nitrogen and oxygen atoms in total. The quantitative estimate of drug-likeness (QED) is 0.827.